The van der Waals surface area contributed by atoms with Gasteiger partial charge in [0.1, 0.15) is 17.2 Å². The second-order valence-corrected chi connectivity index (χ2v) is 7.11. The van der Waals surface area contributed by atoms with Crippen LogP contribution in [0.5, 0.6) is 5.75 Å². The van der Waals surface area contributed by atoms with Crippen LogP contribution in [-0.2, 0) is 17.6 Å². The van der Waals surface area contributed by atoms with Crippen molar-refractivity contribution >= 4 is 23.3 Å². The van der Waals surface area contributed by atoms with Crippen LogP contribution in [0, 0.1) is 11.8 Å². The number of halogens is 1. The summed E-state index contributed by atoms with van der Waals surface area (Å²) in [5.74, 6) is 5.25. The summed E-state index contributed by atoms with van der Waals surface area (Å²) in [6.45, 7) is 5.30. The molecule has 0 bridgehead atoms. The molecule has 1 heterocycles. The molecule has 1 amide bonds. The van der Waals surface area contributed by atoms with Crippen molar-refractivity contribution in [3.8, 4) is 17.6 Å². The van der Waals surface area contributed by atoms with Crippen LogP contribution in [0.2, 0.25) is 5.02 Å². The molecule has 0 aliphatic heterocycles. The fraction of sp³-hybridized carbons (Fsp3) is 0.286. The van der Waals surface area contributed by atoms with Gasteiger partial charge in [-0.3, -0.25) is 14.6 Å². The highest BCUT2D eigenvalue weighted by Gasteiger charge is 2.19. The molecule has 27 heavy (non-hydrogen) atoms. The highest BCUT2D eigenvalue weighted by molar-refractivity contribution is 6.30. The molecule has 2 rings (SSSR count). The largest absolute Gasteiger partial charge is 0.508 e. The molecule has 2 aromatic rings. The minimum atomic E-state index is -0.677. The summed E-state index contributed by atoms with van der Waals surface area (Å²) in [5, 5.41) is 13.1. The molecule has 0 saturated heterocycles. The van der Waals surface area contributed by atoms with Crippen molar-refractivity contribution in [2.24, 2.45) is 0 Å². The lowest BCUT2D eigenvalue weighted by Crippen LogP contribution is -2.42. The number of aromatic nitrogens is 1. The molecular formula is C21H21ClN2O3. The number of hydrogen-bond acceptors (Lipinski definition) is 4. The normalized spacial score (nSPS) is 10.7. The van der Waals surface area contributed by atoms with Gasteiger partial charge in [0.2, 0.25) is 0 Å². The first kappa shape index (κ1) is 20.5. The van der Waals surface area contributed by atoms with Gasteiger partial charge < -0.3 is 10.4 Å². The van der Waals surface area contributed by atoms with Crippen molar-refractivity contribution in [1.29, 1.82) is 0 Å². The monoisotopic (exact) mass is 384 g/mol. The average Bonchev–Trinajstić information content (AvgIpc) is 2.57. The van der Waals surface area contributed by atoms with E-state index in [9.17, 15) is 14.7 Å². The Kier molecular flexibility index (Phi) is 6.59. The molecule has 6 heteroatoms. The number of phenolic OH excluding ortho intramolecular Hbond substituents is 1. The fourth-order valence-corrected chi connectivity index (χ4v) is 2.79. The molecule has 0 fully saturated rings. The minimum absolute atomic E-state index is 0.0295. The first-order valence-electron chi connectivity index (χ1n) is 8.40. The van der Waals surface area contributed by atoms with Crippen molar-refractivity contribution in [2.45, 2.75) is 39.2 Å². The van der Waals surface area contributed by atoms with Crippen LogP contribution < -0.4 is 5.32 Å². The maximum absolute atomic E-state index is 12.4. The zero-order valence-corrected chi connectivity index (χ0v) is 16.2. The number of nitrogens with zero attached hydrogens (tertiary/aromatic N) is 1. The minimum Gasteiger partial charge on any atom is -0.508 e. The molecule has 0 spiro atoms. The van der Waals surface area contributed by atoms with Gasteiger partial charge in [0.05, 0.1) is 5.54 Å². The Morgan fingerprint density at radius 3 is 2.67 bits per heavy atom. The van der Waals surface area contributed by atoms with Gasteiger partial charge in [0.25, 0.3) is 5.91 Å². The summed E-state index contributed by atoms with van der Waals surface area (Å²) < 4.78 is 0. The molecular weight excluding hydrogens is 364 g/mol. The summed E-state index contributed by atoms with van der Waals surface area (Å²) in [6, 6.07) is 7.85. The van der Waals surface area contributed by atoms with E-state index < -0.39 is 5.54 Å². The highest BCUT2D eigenvalue weighted by Crippen LogP contribution is 2.22. The van der Waals surface area contributed by atoms with Crippen molar-refractivity contribution < 1.29 is 14.7 Å². The van der Waals surface area contributed by atoms with Crippen LogP contribution in [-0.4, -0.2) is 27.3 Å². The van der Waals surface area contributed by atoms with Gasteiger partial charge in [-0.15, -0.1) is 5.92 Å². The summed E-state index contributed by atoms with van der Waals surface area (Å²) >= 11 is 5.91. The van der Waals surface area contributed by atoms with E-state index in [1.165, 1.54) is 12.3 Å². The third-order valence-electron chi connectivity index (χ3n) is 3.75. The lowest BCUT2D eigenvalue weighted by Gasteiger charge is -2.19. The number of pyridine rings is 1. The summed E-state index contributed by atoms with van der Waals surface area (Å²) in [4.78, 5) is 28.8. The van der Waals surface area contributed by atoms with Gasteiger partial charge >= 0.3 is 0 Å². The molecule has 0 aliphatic rings. The summed E-state index contributed by atoms with van der Waals surface area (Å²) in [6.07, 6.45) is 1.66. The van der Waals surface area contributed by atoms with E-state index in [4.69, 9.17) is 11.6 Å². The smallest absolute Gasteiger partial charge is 0.271 e. The Bertz CT molecular complexity index is 927. The second-order valence-electron chi connectivity index (χ2n) is 6.67. The number of nitrogens with one attached hydrogen (secondary N) is 1. The summed E-state index contributed by atoms with van der Waals surface area (Å²) in [7, 11) is 0. The molecule has 0 saturated carbocycles. The second kappa shape index (κ2) is 8.70. The zero-order valence-electron chi connectivity index (χ0n) is 15.5. The SMILES string of the molecule is CC#CC(C)(C)NC(=O)c1cc(CC(=O)Cc2cc(Cl)ccc2O)ccn1. The van der Waals surface area contributed by atoms with Crippen molar-refractivity contribution in [3.63, 3.8) is 0 Å². The Morgan fingerprint density at radius 1 is 1.22 bits per heavy atom. The number of carbonyl (C=O) groups is 2. The van der Waals surface area contributed by atoms with E-state index >= 15 is 0 Å². The maximum atomic E-state index is 12.4. The maximum Gasteiger partial charge on any atom is 0.271 e. The van der Waals surface area contributed by atoms with E-state index in [1.54, 1.807) is 45.0 Å². The first-order valence-corrected chi connectivity index (χ1v) is 8.78. The third-order valence-corrected chi connectivity index (χ3v) is 3.99. The molecule has 1 aromatic heterocycles. The van der Waals surface area contributed by atoms with Crippen molar-refractivity contribution in [3.05, 3.63) is 58.4 Å². The van der Waals surface area contributed by atoms with Gasteiger partial charge in [-0.05, 0) is 56.7 Å². The van der Waals surface area contributed by atoms with E-state index in [0.717, 1.165) is 0 Å². The number of Topliss-reactive ketones (excluding diaryl/α,β-unsaturated/α-hetero) is 1. The van der Waals surface area contributed by atoms with Crippen molar-refractivity contribution in [1.82, 2.24) is 10.3 Å². The van der Waals surface area contributed by atoms with Gasteiger partial charge in [-0.2, -0.15) is 0 Å². The van der Waals surface area contributed by atoms with Gasteiger partial charge in [-0.1, -0.05) is 17.5 Å². The molecule has 0 aliphatic carbocycles. The fourth-order valence-electron chi connectivity index (χ4n) is 2.60. The number of ketones is 1. The number of benzene rings is 1. The number of rotatable bonds is 6. The molecule has 5 nitrogen and oxygen atoms in total. The predicted octanol–water partition coefficient (Wildman–Crippen LogP) is 3.33. The van der Waals surface area contributed by atoms with Gasteiger partial charge in [0, 0.05) is 29.6 Å². The standard InChI is InChI=1S/C21H21ClN2O3/c1-4-8-21(2,3)24-20(27)18-11-14(7-9-23-18)10-17(25)13-15-12-16(22)5-6-19(15)26/h5-7,9,11-12,26H,10,13H2,1-3H3,(H,24,27). The highest BCUT2D eigenvalue weighted by atomic mass is 35.5. The summed E-state index contributed by atoms with van der Waals surface area (Å²) in [5.41, 5.74) is 0.682. The van der Waals surface area contributed by atoms with E-state index in [2.05, 4.69) is 22.1 Å². The van der Waals surface area contributed by atoms with Crippen molar-refractivity contribution in [2.75, 3.05) is 0 Å². The van der Waals surface area contributed by atoms with Crippen LogP contribution in [0.4, 0.5) is 0 Å². The molecule has 0 unspecified atom stereocenters. The predicted molar refractivity (Wildman–Crippen MR) is 105 cm³/mol. The molecule has 0 atom stereocenters. The zero-order chi connectivity index (χ0) is 20.0. The Morgan fingerprint density at radius 2 is 1.96 bits per heavy atom. The first-order chi connectivity index (χ1) is 12.7. The number of amides is 1. The van der Waals surface area contributed by atoms with Crippen LogP contribution >= 0.6 is 11.6 Å². The molecule has 2 N–H and O–H groups in total. The molecule has 0 radical (unpaired) electrons. The van der Waals surface area contributed by atoms with E-state index in [1.807, 2.05) is 0 Å². The van der Waals surface area contributed by atoms with Crippen LogP contribution in [0.1, 0.15) is 42.4 Å². The number of carbonyl (C=O) groups excluding carboxylic acids is 2. The van der Waals surface area contributed by atoms with Crippen LogP contribution in [0.25, 0.3) is 0 Å². The quantitative estimate of drug-likeness (QED) is 0.749. The van der Waals surface area contributed by atoms with Crippen LogP contribution in [0.3, 0.4) is 0 Å². The lowest BCUT2D eigenvalue weighted by atomic mass is 10.0. The number of phenols is 1. The Balaban J connectivity index is 2.08. The Labute approximate surface area is 163 Å². The van der Waals surface area contributed by atoms with E-state index in [-0.39, 0.29) is 36.0 Å². The van der Waals surface area contributed by atoms with Crippen LogP contribution in [0.15, 0.2) is 36.5 Å². The van der Waals surface area contributed by atoms with Gasteiger partial charge in [-0.25, -0.2) is 0 Å². The molecule has 140 valence electrons. The number of hydrogen-bond donors (Lipinski definition) is 2. The van der Waals surface area contributed by atoms with E-state index in [0.29, 0.717) is 16.1 Å². The van der Waals surface area contributed by atoms with Gasteiger partial charge in [0.15, 0.2) is 0 Å². The topological polar surface area (TPSA) is 79.3 Å². The molecule has 1 aromatic carbocycles. The average molecular weight is 385 g/mol. The third kappa shape index (κ3) is 6.12. The number of aromatic hydroxyl groups is 1. The Hall–Kier alpha value is -2.84. The lowest BCUT2D eigenvalue weighted by molar-refractivity contribution is -0.117.